The van der Waals surface area contributed by atoms with Crippen molar-refractivity contribution >= 4 is 23.2 Å². The summed E-state index contributed by atoms with van der Waals surface area (Å²) in [6, 6.07) is 16.5. The van der Waals surface area contributed by atoms with E-state index in [9.17, 15) is 4.79 Å². The molecule has 0 heterocycles. The Bertz CT molecular complexity index is 785. The number of alkyl carbamates (subject to hydrolysis) is 1. The normalized spacial score (nSPS) is 11.7. The van der Waals surface area contributed by atoms with Gasteiger partial charge in [0, 0.05) is 35.7 Å². The molecule has 29 heavy (non-hydrogen) atoms. The lowest BCUT2D eigenvalue weighted by atomic mass is 10.0. The Hall–Kier alpha value is -2.69. The van der Waals surface area contributed by atoms with Gasteiger partial charge in [0.15, 0.2) is 0 Å². The molecule has 0 atom stereocenters. The number of carbonyl (C=O) groups is 1. The summed E-state index contributed by atoms with van der Waals surface area (Å²) in [6.07, 6.45) is -0.406. The molecule has 2 N–H and O–H groups in total. The minimum Gasteiger partial charge on any atom is -0.444 e. The predicted octanol–water partition coefficient (Wildman–Crippen LogP) is 6.08. The van der Waals surface area contributed by atoms with Gasteiger partial charge in [-0.25, -0.2) is 4.79 Å². The van der Waals surface area contributed by atoms with Gasteiger partial charge in [0.2, 0.25) is 0 Å². The van der Waals surface area contributed by atoms with Gasteiger partial charge in [-0.05, 0) is 90.4 Å². The van der Waals surface area contributed by atoms with Crippen LogP contribution in [0.4, 0.5) is 21.9 Å². The van der Waals surface area contributed by atoms with Gasteiger partial charge < -0.3 is 20.3 Å². The van der Waals surface area contributed by atoms with Gasteiger partial charge in [-0.2, -0.15) is 0 Å². The van der Waals surface area contributed by atoms with E-state index in [0.29, 0.717) is 6.54 Å². The number of anilines is 3. The van der Waals surface area contributed by atoms with Gasteiger partial charge in [0.25, 0.3) is 0 Å². The maximum Gasteiger partial charge on any atom is 0.407 e. The van der Waals surface area contributed by atoms with Crippen LogP contribution in [0.5, 0.6) is 0 Å². The fourth-order valence-corrected chi connectivity index (χ4v) is 3.13. The first-order chi connectivity index (χ1) is 13.5. The third-order valence-corrected chi connectivity index (χ3v) is 4.38. The van der Waals surface area contributed by atoms with Crippen LogP contribution >= 0.6 is 0 Å². The average Bonchev–Trinajstić information content (AvgIpc) is 2.60. The van der Waals surface area contributed by atoms with E-state index in [2.05, 4.69) is 67.5 Å². The number of rotatable bonds is 6. The van der Waals surface area contributed by atoms with Gasteiger partial charge in [-0.15, -0.1) is 0 Å². The zero-order chi connectivity index (χ0) is 21.7. The van der Waals surface area contributed by atoms with Crippen LogP contribution < -0.4 is 15.5 Å². The minimum atomic E-state index is -0.492. The molecule has 0 aliphatic rings. The Morgan fingerprint density at radius 1 is 0.897 bits per heavy atom. The number of hydrogen-bond acceptors (Lipinski definition) is 4. The molecule has 0 aliphatic heterocycles. The first-order valence-corrected chi connectivity index (χ1v) is 10.2. The molecule has 2 rings (SSSR count). The molecule has 5 nitrogen and oxygen atoms in total. The van der Waals surface area contributed by atoms with Crippen molar-refractivity contribution in [3.05, 3.63) is 54.1 Å². The molecule has 1 amide bonds. The van der Waals surface area contributed by atoms with E-state index in [1.54, 1.807) is 0 Å². The van der Waals surface area contributed by atoms with Gasteiger partial charge in [-0.1, -0.05) is 12.1 Å². The van der Waals surface area contributed by atoms with Crippen LogP contribution in [0, 0.1) is 0 Å². The topological polar surface area (TPSA) is 53.6 Å². The van der Waals surface area contributed by atoms with E-state index >= 15 is 0 Å². The average molecular weight is 398 g/mol. The largest absolute Gasteiger partial charge is 0.444 e. The predicted molar refractivity (Wildman–Crippen MR) is 122 cm³/mol. The first kappa shape index (κ1) is 22.6. The van der Waals surface area contributed by atoms with E-state index in [1.807, 2.05) is 45.0 Å². The maximum absolute atomic E-state index is 11.8. The summed E-state index contributed by atoms with van der Waals surface area (Å²) in [5, 5.41) is 6.19. The summed E-state index contributed by atoms with van der Waals surface area (Å²) in [6.45, 7) is 15.8. The lowest BCUT2D eigenvalue weighted by Crippen LogP contribution is -2.41. The van der Waals surface area contributed by atoms with Crippen molar-refractivity contribution < 1.29 is 9.53 Å². The smallest absolute Gasteiger partial charge is 0.407 e. The molecule has 0 fully saturated rings. The Balaban J connectivity index is 1.93. The number of hydrogen-bond donors (Lipinski definition) is 2. The second-order valence-corrected chi connectivity index (χ2v) is 9.14. The SMILES string of the molecule is CCN(c1ccc(Nc2ccc(CNC(=O)OC(C)(C)C)cc2)cc1)C(C)(C)C. The van der Waals surface area contributed by atoms with E-state index in [4.69, 9.17) is 4.74 Å². The lowest BCUT2D eigenvalue weighted by Gasteiger charge is -2.37. The summed E-state index contributed by atoms with van der Waals surface area (Å²) < 4.78 is 5.25. The van der Waals surface area contributed by atoms with E-state index in [1.165, 1.54) is 5.69 Å². The van der Waals surface area contributed by atoms with Gasteiger partial charge in [-0.3, -0.25) is 0 Å². The number of benzene rings is 2. The molecule has 0 radical (unpaired) electrons. The van der Waals surface area contributed by atoms with Crippen LogP contribution in [0.25, 0.3) is 0 Å². The molecule has 0 aromatic heterocycles. The highest BCUT2D eigenvalue weighted by molar-refractivity contribution is 5.68. The van der Waals surface area contributed by atoms with Gasteiger partial charge >= 0.3 is 6.09 Å². The van der Waals surface area contributed by atoms with Crippen molar-refractivity contribution in [1.82, 2.24) is 5.32 Å². The van der Waals surface area contributed by atoms with Crippen LogP contribution in [0.3, 0.4) is 0 Å². The van der Waals surface area contributed by atoms with Crippen molar-refractivity contribution in [1.29, 1.82) is 0 Å². The third-order valence-electron chi connectivity index (χ3n) is 4.38. The maximum atomic E-state index is 11.8. The highest BCUT2D eigenvalue weighted by Crippen LogP contribution is 2.26. The van der Waals surface area contributed by atoms with Crippen LogP contribution in [-0.4, -0.2) is 23.8 Å². The molecule has 0 saturated heterocycles. The number of ether oxygens (including phenoxy) is 1. The Morgan fingerprint density at radius 3 is 1.86 bits per heavy atom. The molecule has 158 valence electrons. The van der Waals surface area contributed by atoms with E-state index in [0.717, 1.165) is 23.5 Å². The van der Waals surface area contributed by atoms with Crippen molar-refractivity contribution in [3.8, 4) is 0 Å². The second kappa shape index (κ2) is 9.21. The Kier molecular flexibility index (Phi) is 7.17. The number of nitrogens with zero attached hydrogens (tertiary/aromatic N) is 1. The van der Waals surface area contributed by atoms with Crippen LogP contribution in [0.15, 0.2) is 48.5 Å². The van der Waals surface area contributed by atoms with Crippen molar-refractivity contribution in [3.63, 3.8) is 0 Å². The summed E-state index contributed by atoms with van der Waals surface area (Å²) in [5.74, 6) is 0. The number of carbonyl (C=O) groups excluding carboxylic acids is 1. The zero-order valence-corrected chi connectivity index (χ0v) is 18.8. The van der Waals surface area contributed by atoms with Crippen molar-refractivity contribution in [2.45, 2.75) is 66.2 Å². The van der Waals surface area contributed by atoms with Crippen molar-refractivity contribution in [2.24, 2.45) is 0 Å². The van der Waals surface area contributed by atoms with Gasteiger partial charge in [0.05, 0.1) is 0 Å². The highest BCUT2D eigenvalue weighted by Gasteiger charge is 2.19. The summed E-state index contributed by atoms with van der Waals surface area (Å²) in [5.41, 5.74) is 3.87. The molecule has 5 heteroatoms. The molecule has 0 saturated carbocycles. The Morgan fingerprint density at radius 2 is 1.41 bits per heavy atom. The van der Waals surface area contributed by atoms with Gasteiger partial charge in [0.1, 0.15) is 5.60 Å². The lowest BCUT2D eigenvalue weighted by molar-refractivity contribution is 0.0523. The number of amides is 1. The van der Waals surface area contributed by atoms with E-state index in [-0.39, 0.29) is 5.54 Å². The summed E-state index contributed by atoms with van der Waals surface area (Å²) >= 11 is 0. The second-order valence-electron chi connectivity index (χ2n) is 9.14. The first-order valence-electron chi connectivity index (χ1n) is 10.2. The summed E-state index contributed by atoms with van der Waals surface area (Å²) in [4.78, 5) is 14.1. The summed E-state index contributed by atoms with van der Waals surface area (Å²) in [7, 11) is 0. The number of nitrogens with one attached hydrogen (secondary N) is 2. The molecule has 2 aromatic carbocycles. The minimum absolute atomic E-state index is 0.0901. The van der Waals surface area contributed by atoms with Crippen molar-refractivity contribution in [2.75, 3.05) is 16.8 Å². The third kappa shape index (κ3) is 7.33. The molecular formula is C24H35N3O2. The standard InChI is InChI=1S/C24H35N3O2/c1-8-27(23(2,3)4)21-15-13-20(14-16-21)26-19-11-9-18(10-12-19)17-25-22(28)29-24(5,6)7/h9-16,26H,8,17H2,1-7H3,(H,25,28). The molecule has 0 bridgehead atoms. The molecule has 2 aromatic rings. The highest BCUT2D eigenvalue weighted by atomic mass is 16.6. The van der Waals surface area contributed by atoms with Crippen LogP contribution in [0.1, 0.15) is 54.0 Å². The fourth-order valence-electron chi connectivity index (χ4n) is 3.13. The fraction of sp³-hybridized carbons (Fsp3) is 0.458. The van der Waals surface area contributed by atoms with Crippen LogP contribution in [-0.2, 0) is 11.3 Å². The Labute approximate surface area is 175 Å². The molecular weight excluding hydrogens is 362 g/mol. The zero-order valence-electron chi connectivity index (χ0n) is 18.8. The quantitative estimate of drug-likeness (QED) is 0.620. The molecule has 0 unspecified atom stereocenters. The van der Waals surface area contributed by atoms with Crippen LogP contribution in [0.2, 0.25) is 0 Å². The monoisotopic (exact) mass is 397 g/mol. The van der Waals surface area contributed by atoms with E-state index < -0.39 is 11.7 Å². The molecule has 0 spiro atoms. The molecule has 0 aliphatic carbocycles.